The number of nitrogens with zero attached hydrogens (tertiary/aromatic N) is 1. The largest absolute Gasteiger partial charge is 0.304 e. The van der Waals surface area contributed by atoms with E-state index in [-0.39, 0.29) is 0 Å². The molecule has 3 heteroatoms. The van der Waals surface area contributed by atoms with E-state index in [1.807, 2.05) is 18.2 Å². The Balaban J connectivity index is 2.43. The molecule has 0 spiro atoms. The molecule has 2 N–H and O–H groups in total. The molecule has 0 saturated carbocycles. The molecular formula is C7H10N2O. The molecular weight excluding hydrogens is 128 g/mol. The van der Waals surface area contributed by atoms with E-state index in [1.54, 1.807) is 6.20 Å². The van der Waals surface area contributed by atoms with Gasteiger partial charge in [0.15, 0.2) is 0 Å². The molecule has 0 aliphatic carbocycles. The van der Waals surface area contributed by atoms with Crippen LogP contribution < -0.4 is 5.90 Å². The summed E-state index contributed by atoms with van der Waals surface area (Å²) in [6.07, 6.45) is 2.53. The van der Waals surface area contributed by atoms with E-state index < -0.39 is 0 Å². The van der Waals surface area contributed by atoms with Crippen molar-refractivity contribution in [3.8, 4) is 0 Å². The van der Waals surface area contributed by atoms with Gasteiger partial charge in [-0.25, -0.2) is 5.90 Å². The first-order valence-corrected chi connectivity index (χ1v) is 3.15. The normalized spacial score (nSPS) is 9.70. The van der Waals surface area contributed by atoms with Crippen LogP contribution in [0.3, 0.4) is 0 Å². The van der Waals surface area contributed by atoms with Gasteiger partial charge in [-0.2, -0.15) is 0 Å². The molecule has 0 aliphatic heterocycles. The summed E-state index contributed by atoms with van der Waals surface area (Å²) in [6, 6.07) is 5.77. The third-order valence-corrected chi connectivity index (χ3v) is 1.20. The Kier molecular flexibility index (Phi) is 2.86. The minimum atomic E-state index is 0.525. The third-order valence-electron chi connectivity index (χ3n) is 1.20. The van der Waals surface area contributed by atoms with Gasteiger partial charge in [-0.1, -0.05) is 6.07 Å². The summed E-state index contributed by atoms with van der Waals surface area (Å²) in [5.41, 5.74) is 1.01. The highest BCUT2D eigenvalue weighted by Crippen LogP contribution is 1.93. The minimum Gasteiger partial charge on any atom is -0.304 e. The molecule has 0 radical (unpaired) electrons. The quantitative estimate of drug-likeness (QED) is 0.619. The van der Waals surface area contributed by atoms with Crippen LogP contribution in [-0.4, -0.2) is 11.6 Å². The summed E-state index contributed by atoms with van der Waals surface area (Å²) >= 11 is 0. The number of rotatable bonds is 3. The van der Waals surface area contributed by atoms with Crippen molar-refractivity contribution in [1.82, 2.24) is 4.98 Å². The lowest BCUT2D eigenvalue weighted by molar-refractivity contribution is 0.140. The van der Waals surface area contributed by atoms with Crippen LogP contribution in [0.25, 0.3) is 0 Å². The van der Waals surface area contributed by atoms with Gasteiger partial charge in [0.25, 0.3) is 0 Å². The van der Waals surface area contributed by atoms with Gasteiger partial charge in [0.05, 0.1) is 6.61 Å². The fourth-order valence-electron chi connectivity index (χ4n) is 0.710. The van der Waals surface area contributed by atoms with Crippen molar-refractivity contribution in [3.05, 3.63) is 30.1 Å². The Hall–Kier alpha value is -0.930. The standard InChI is InChI=1S/C7H10N2O/c8-10-6-4-7-3-1-2-5-9-7/h1-3,5H,4,6,8H2. The molecule has 1 aromatic rings. The highest BCUT2D eigenvalue weighted by molar-refractivity contribution is 5.03. The van der Waals surface area contributed by atoms with Crippen LogP contribution in [0.15, 0.2) is 24.4 Å². The van der Waals surface area contributed by atoms with Crippen LogP contribution in [0.1, 0.15) is 5.69 Å². The minimum absolute atomic E-state index is 0.525. The summed E-state index contributed by atoms with van der Waals surface area (Å²) < 4.78 is 0. The van der Waals surface area contributed by atoms with Gasteiger partial charge in [0.2, 0.25) is 0 Å². The first-order chi connectivity index (χ1) is 4.93. The van der Waals surface area contributed by atoms with Gasteiger partial charge in [0, 0.05) is 18.3 Å². The molecule has 0 saturated heterocycles. The summed E-state index contributed by atoms with van der Waals surface area (Å²) in [6.45, 7) is 0.525. The second kappa shape index (κ2) is 3.98. The molecule has 3 nitrogen and oxygen atoms in total. The van der Waals surface area contributed by atoms with E-state index in [4.69, 9.17) is 5.90 Å². The van der Waals surface area contributed by atoms with E-state index in [2.05, 4.69) is 9.82 Å². The lowest BCUT2D eigenvalue weighted by Crippen LogP contribution is -2.04. The Labute approximate surface area is 59.8 Å². The first-order valence-electron chi connectivity index (χ1n) is 3.15. The van der Waals surface area contributed by atoms with E-state index in [9.17, 15) is 0 Å². The highest BCUT2D eigenvalue weighted by atomic mass is 16.6. The summed E-state index contributed by atoms with van der Waals surface area (Å²) in [7, 11) is 0. The van der Waals surface area contributed by atoms with E-state index in [0.29, 0.717) is 6.61 Å². The fraction of sp³-hybridized carbons (Fsp3) is 0.286. The van der Waals surface area contributed by atoms with Crippen molar-refractivity contribution >= 4 is 0 Å². The lowest BCUT2D eigenvalue weighted by atomic mass is 10.3. The Morgan fingerprint density at radius 1 is 1.50 bits per heavy atom. The summed E-state index contributed by atoms with van der Waals surface area (Å²) in [5.74, 6) is 4.85. The second-order valence-electron chi connectivity index (χ2n) is 1.94. The number of hydrogen-bond donors (Lipinski definition) is 1. The zero-order valence-corrected chi connectivity index (χ0v) is 5.66. The number of hydrogen-bond acceptors (Lipinski definition) is 3. The maximum Gasteiger partial charge on any atom is 0.0734 e. The summed E-state index contributed by atoms with van der Waals surface area (Å²) in [4.78, 5) is 8.49. The second-order valence-corrected chi connectivity index (χ2v) is 1.94. The van der Waals surface area contributed by atoms with Gasteiger partial charge < -0.3 is 4.84 Å². The maximum absolute atomic E-state index is 4.85. The van der Waals surface area contributed by atoms with Crippen LogP contribution in [-0.2, 0) is 11.3 Å². The molecule has 0 aliphatic rings. The molecule has 54 valence electrons. The Morgan fingerprint density at radius 3 is 3.00 bits per heavy atom. The van der Waals surface area contributed by atoms with Crippen molar-refractivity contribution in [2.45, 2.75) is 6.42 Å². The fourth-order valence-corrected chi connectivity index (χ4v) is 0.710. The summed E-state index contributed by atoms with van der Waals surface area (Å²) in [5, 5.41) is 0. The molecule has 10 heavy (non-hydrogen) atoms. The van der Waals surface area contributed by atoms with Crippen molar-refractivity contribution in [2.24, 2.45) is 5.90 Å². The van der Waals surface area contributed by atoms with Gasteiger partial charge in [-0.3, -0.25) is 4.98 Å². The van der Waals surface area contributed by atoms with Crippen LogP contribution >= 0.6 is 0 Å². The number of aromatic nitrogens is 1. The molecule has 0 aromatic carbocycles. The molecule has 1 aromatic heterocycles. The predicted molar refractivity (Wildman–Crippen MR) is 38.1 cm³/mol. The Bertz CT molecular complexity index is 176. The van der Waals surface area contributed by atoms with Crippen molar-refractivity contribution < 1.29 is 4.84 Å². The SMILES string of the molecule is NOCCc1ccccn1. The molecule has 0 amide bonds. The van der Waals surface area contributed by atoms with Crippen molar-refractivity contribution in [1.29, 1.82) is 0 Å². The van der Waals surface area contributed by atoms with Crippen LogP contribution in [0.5, 0.6) is 0 Å². The zero-order valence-electron chi connectivity index (χ0n) is 5.66. The van der Waals surface area contributed by atoms with Gasteiger partial charge in [-0.15, -0.1) is 0 Å². The topological polar surface area (TPSA) is 48.1 Å². The van der Waals surface area contributed by atoms with Crippen LogP contribution in [0.4, 0.5) is 0 Å². The molecule has 0 atom stereocenters. The maximum atomic E-state index is 4.85. The average Bonchev–Trinajstić information content (AvgIpc) is 2.03. The van der Waals surface area contributed by atoms with Gasteiger partial charge >= 0.3 is 0 Å². The smallest absolute Gasteiger partial charge is 0.0734 e. The van der Waals surface area contributed by atoms with E-state index in [0.717, 1.165) is 12.1 Å². The number of nitrogens with two attached hydrogens (primary N) is 1. The molecule has 0 bridgehead atoms. The molecule has 1 rings (SSSR count). The zero-order chi connectivity index (χ0) is 7.23. The molecule has 0 unspecified atom stereocenters. The van der Waals surface area contributed by atoms with E-state index >= 15 is 0 Å². The van der Waals surface area contributed by atoms with Crippen molar-refractivity contribution in [2.75, 3.05) is 6.61 Å². The van der Waals surface area contributed by atoms with Gasteiger partial charge in [-0.05, 0) is 12.1 Å². The van der Waals surface area contributed by atoms with Crippen LogP contribution in [0, 0.1) is 0 Å². The van der Waals surface area contributed by atoms with E-state index in [1.165, 1.54) is 0 Å². The highest BCUT2D eigenvalue weighted by Gasteiger charge is 1.89. The molecule has 1 heterocycles. The van der Waals surface area contributed by atoms with Crippen molar-refractivity contribution in [3.63, 3.8) is 0 Å². The van der Waals surface area contributed by atoms with Crippen LogP contribution in [0.2, 0.25) is 0 Å². The Morgan fingerprint density at radius 2 is 2.40 bits per heavy atom. The first kappa shape index (κ1) is 7.18. The molecule has 0 fully saturated rings. The third kappa shape index (κ3) is 2.13. The average molecular weight is 138 g/mol. The number of pyridine rings is 1. The predicted octanol–water partition coefficient (Wildman–Crippen LogP) is 0.514. The lowest BCUT2D eigenvalue weighted by Gasteiger charge is -1.95. The monoisotopic (exact) mass is 138 g/mol. The van der Waals surface area contributed by atoms with Gasteiger partial charge in [0.1, 0.15) is 0 Å².